The van der Waals surface area contributed by atoms with Gasteiger partial charge >= 0.3 is 0 Å². The Balaban J connectivity index is 2.29. The second-order valence-corrected chi connectivity index (χ2v) is 8.26. The molecule has 0 atom stereocenters. The van der Waals surface area contributed by atoms with Gasteiger partial charge in [-0.1, -0.05) is 12.1 Å². The molecule has 1 aromatic heterocycles. The number of hydrogen-bond donors (Lipinski definition) is 2. The number of hydrogen-bond acceptors (Lipinski definition) is 4. The summed E-state index contributed by atoms with van der Waals surface area (Å²) in [7, 11) is -3.61. The minimum atomic E-state index is -3.61. The third-order valence-electron chi connectivity index (χ3n) is 3.53. The number of aryl methyl sites for hydroxylation is 4. The predicted octanol–water partition coefficient (Wildman–Crippen LogP) is 3.04. The first kappa shape index (κ1) is 16.0. The minimum absolute atomic E-state index is 0.188. The standard InChI is InChI=1S/C15H20N2O2S2/c1-9-5-6-10(2)15(14(9)16)21(18,19)17-8-13-7-11(3)12(4)20-13/h5-7,17H,8,16H2,1-4H3. The van der Waals surface area contributed by atoms with Crippen LogP contribution in [0.5, 0.6) is 0 Å². The Morgan fingerprint density at radius 3 is 2.29 bits per heavy atom. The summed E-state index contributed by atoms with van der Waals surface area (Å²) in [5, 5.41) is 0. The molecule has 0 spiro atoms. The molecule has 0 saturated heterocycles. The van der Waals surface area contributed by atoms with Crippen LogP contribution in [-0.2, 0) is 16.6 Å². The van der Waals surface area contributed by atoms with Gasteiger partial charge in [-0.2, -0.15) is 0 Å². The minimum Gasteiger partial charge on any atom is -0.397 e. The van der Waals surface area contributed by atoms with Crippen molar-refractivity contribution in [2.24, 2.45) is 0 Å². The molecule has 1 heterocycles. The van der Waals surface area contributed by atoms with E-state index in [2.05, 4.69) is 4.72 Å². The lowest BCUT2D eigenvalue weighted by Crippen LogP contribution is -2.25. The Morgan fingerprint density at radius 1 is 1.10 bits per heavy atom. The molecule has 0 fully saturated rings. The summed E-state index contributed by atoms with van der Waals surface area (Å²) in [6, 6.07) is 5.62. The Bertz CT molecular complexity index is 758. The molecule has 2 rings (SSSR count). The van der Waals surface area contributed by atoms with Gasteiger partial charge in [-0.15, -0.1) is 11.3 Å². The Morgan fingerprint density at radius 2 is 1.71 bits per heavy atom. The molecule has 114 valence electrons. The Labute approximate surface area is 130 Å². The van der Waals surface area contributed by atoms with E-state index in [1.807, 2.05) is 26.0 Å². The molecule has 0 saturated carbocycles. The molecule has 2 aromatic rings. The van der Waals surface area contributed by atoms with Gasteiger partial charge in [0.2, 0.25) is 10.0 Å². The predicted molar refractivity (Wildman–Crippen MR) is 88.1 cm³/mol. The van der Waals surface area contributed by atoms with Crippen LogP contribution in [0.3, 0.4) is 0 Å². The molecule has 0 aliphatic carbocycles. The third-order valence-corrected chi connectivity index (χ3v) is 6.29. The number of sulfonamides is 1. The highest BCUT2D eigenvalue weighted by Gasteiger charge is 2.21. The van der Waals surface area contributed by atoms with Gasteiger partial charge in [-0.3, -0.25) is 0 Å². The van der Waals surface area contributed by atoms with E-state index in [4.69, 9.17) is 5.73 Å². The summed E-state index contributed by atoms with van der Waals surface area (Å²) in [5.74, 6) is 0. The van der Waals surface area contributed by atoms with Gasteiger partial charge in [0.1, 0.15) is 4.90 Å². The quantitative estimate of drug-likeness (QED) is 0.849. The van der Waals surface area contributed by atoms with Crippen LogP contribution in [0.25, 0.3) is 0 Å². The van der Waals surface area contributed by atoms with Crippen molar-refractivity contribution < 1.29 is 8.42 Å². The number of thiophene rings is 1. The lowest BCUT2D eigenvalue weighted by atomic mass is 10.1. The van der Waals surface area contributed by atoms with E-state index >= 15 is 0 Å². The summed E-state index contributed by atoms with van der Waals surface area (Å²) in [6.45, 7) is 7.89. The normalized spacial score (nSPS) is 11.8. The van der Waals surface area contributed by atoms with E-state index in [1.54, 1.807) is 31.3 Å². The molecular weight excluding hydrogens is 304 g/mol. The van der Waals surface area contributed by atoms with E-state index in [0.717, 1.165) is 10.4 Å². The molecule has 3 N–H and O–H groups in total. The number of rotatable bonds is 4. The van der Waals surface area contributed by atoms with Crippen LogP contribution in [0.1, 0.15) is 26.4 Å². The van der Waals surface area contributed by atoms with Crippen molar-refractivity contribution in [2.75, 3.05) is 5.73 Å². The van der Waals surface area contributed by atoms with Crippen LogP contribution < -0.4 is 10.5 Å². The summed E-state index contributed by atoms with van der Waals surface area (Å²) >= 11 is 1.60. The van der Waals surface area contributed by atoms with Crippen molar-refractivity contribution in [1.82, 2.24) is 4.72 Å². The van der Waals surface area contributed by atoms with Crippen LogP contribution in [-0.4, -0.2) is 8.42 Å². The summed E-state index contributed by atoms with van der Waals surface area (Å²) in [6.07, 6.45) is 0. The van der Waals surface area contributed by atoms with Gasteiger partial charge in [0.25, 0.3) is 0 Å². The van der Waals surface area contributed by atoms with Crippen molar-refractivity contribution in [3.63, 3.8) is 0 Å². The fraction of sp³-hybridized carbons (Fsp3) is 0.333. The number of nitrogen functional groups attached to an aromatic ring is 1. The highest BCUT2D eigenvalue weighted by Crippen LogP contribution is 2.26. The average Bonchev–Trinajstić information content (AvgIpc) is 2.71. The fourth-order valence-corrected chi connectivity index (χ4v) is 4.66. The van der Waals surface area contributed by atoms with Gasteiger partial charge in [0, 0.05) is 16.3 Å². The maximum absolute atomic E-state index is 12.5. The molecule has 21 heavy (non-hydrogen) atoms. The summed E-state index contributed by atoms with van der Waals surface area (Å²) < 4.78 is 27.7. The lowest BCUT2D eigenvalue weighted by Gasteiger charge is -2.13. The van der Waals surface area contributed by atoms with Crippen LogP contribution in [0, 0.1) is 27.7 Å². The highest BCUT2D eigenvalue weighted by atomic mass is 32.2. The first-order chi connectivity index (χ1) is 9.72. The molecule has 0 unspecified atom stereocenters. The van der Waals surface area contributed by atoms with Gasteiger partial charge in [-0.05, 0) is 50.5 Å². The van der Waals surface area contributed by atoms with Crippen LogP contribution >= 0.6 is 11.3 Å². The van der Waals surface area contributed by atoms with Gasteiger partial charge in [-0.25, -0.2) is 13.1 Å². The second-order valence-electron chi connectivity index (χ2n) is 5.22. The molecule has 0 amide bonds. The fourth-order valence-electron chi connectivity index (χ4n) is 2.14. The van der Waals surface area contributed by atoms with Crippen molar-refractivity contribution in [3.8, 4) is 0 Å². The largest absolute Gasteiger partial charge is 0.397 e. The zero-order valence-electron chi connectivity index (χ0n) is 12.6. The number of benzene rings is 1. The second kappa shape index (κ2) is 5.79. The van der Waals surface area contributed by atoms with Crippen LogP contribution in [0.4, 0.5) is 5.69 Å². The number of anilines is 1. The number of nitrogens with two attached hydrogens (primary N) is 1. The van der Waals surface area contributed by atoms with Crippen LogP contribution in [0.2, 0.25) is 0 Å². The van der Waals surface area contributed by atoms with E-state index in [0.29, 0.717) is 11.3 Å². The first-order valence-electron chi connectivity index (χ1n) is 6.63. The van der Waals surface area contributed by atoms with Gasteiger partial charge in [0.15, 0.2) is 0 Å². The molecule has 0 aliphatic rings. The summed E-state index contributed by atoms with van der Waals surface area (Å²) in [5.41, 5.74) is 8.88. The lowest BCUT2D eigenvalue weighted by molar-refractivity contribution is 0.581. The van der Waals surface area contributed by atoms with Crippen molar-refractivity contribution in [2.45, 2.75) is 39.1 Å². The average molecular weight is 324 g/mol. The molecule has 1 aromatic carbocycles. The summed E-state index contributed by atoms with van der Waals surface area (Å²) in [4.78, 5) is 2.39. The smallest absolute Gasteiger partial charge is 0.243 e. The SMILES string of the molecule is Cc1cc(CNS(=O)(=O)c2c(C)ccc(C)c2N)sc1C. The molecule has 0 aliphatic heterocycles. The van der Waals surface area contributed by atoms with E-state index in [1.165, 1.54) is 10.4 Å². The zero-order chi connectivity index (χ0) is 15.8. The van der Waals surface area contributed by atoms with E-state index in [9.17, 15) is 8.42 Å². The maximum Gasteiger partial charge on any atom is 0.243 e. The first-order valence-corrected chi connectivity index (χ1v) is 8.93. The van der Waals surface area contributed by atoms with Gasteiger partial charge < -0.3 is 5.73 Å². The molecule has 0 radical (unpaired) electrons. The van der Waals surface area contributed by atoms with Gasteiger partial charge in [0.05, 0.1) is 5.69 Å². The van der Waals surface area contributed by atoms with E-state index < -0.39 is 10.0 Å². The molecule has 0 bridgehead atoms. The molecule has 4 nitrogen and oxygen atoms in total. The van der Waals surface area contributed by atoms with Crippen molar-refractivity contribution in [3.05, 3.63) is 44.6 Å². The topological polar surface area (TPSA) is 72.2 Å². The van der Waals surface area contributed by atoms with Crippen LogP contribution in [0.15, 0.2) is 23.1 Å². The third kappa shape index (κ3) is 3.28. The highest BCUT2D eigenvalue weighted by molar-refractivity contribution is 7.89. The van der Waals surface area contributed by atoms with Crippen molar-refractivity contribution >= 4 is 27.0 Å². The van der Waals surface area contributed by atoms with E-state index in [-0.39, 0.29) is 11.4 Å². The maximum atomic E-state index is 12.5. The monoisotopic (exact) mass is 324 g/mol. The Kier molecular flexibility index (Phi) is 4.41. The van der Waals surface area contributed by atoms with Crippen molar-refractivity contribution in [1.29, 1.82) is 0 Å². The Hall–Kier alpha value is -1.37. The molecular formula is C15H20N2O2S2. The number of nitrogens with one attached hydrogen (secondary N) is 1. The molecule has 6 heteroatoms. The zero-order valence-corrected chi connectivity index (χ0v) is 14.3.